The van der Waals surface area contributed by atoms with Gasteiger partial charge < -0.3 is 16.7 Å². The van der Waals surface area contributed by atoms with Crippen molar-refractivity contribution in [1.29, 1.82) is 0 Å². The second-order valence-electron chi connectivity index (χ2n) is 4.26. The van der Waals surface area contributed by atoms with E-state index in [0.29, 0.717) is 6.41 Å². The Kier molecular flexibility index (Phi) is 10.0. The molecular formula is C13H20NNaO5. The van der Waals surface area contributed by atoms with Crippen LogP contribution in [0.4, 0.5) is 0 Å². The van der Waals surface area contributed by atoms with Crippen molar-refractivity contribution in [3.8, 4) is 0 Å². The van der Waals surface area contributed by atoms with Crippen molar-refractivity contribution in [2.45, 2.75) is 31.8 Å². The van der Waals surface area contributed by atoms with Crippen LogP contribution in [0.5, 0.6) is 0 Å². The molecule has 1 aromatic carbocycles. The van der Waals surface area contributed by atoms with E-state index in [2.05, 4.69) is 0 Å². The fraction of sp³-hybridized carbons (Fsp3) is 0.462. The monoisotopic (exact) mass is 293 g/mol. The Hall–Kier alpha value is -0.470. The number of benzene rings is 1. The van der Waals surface area contributed by atoms with Gasteiger partial charge in [0.15, 0.2) is 0 Å². The second kappa shape index (κ2) is 10.3. The molecule has 0 aliphatic heterocycles. The van der Waals surface area contributed by atoms with Crippen molar-refractivity contribution in [2.75, 3.05) is 6.54 Å². The Morgan fingerprint density at radius 2 is 1.90 bits per heavy atom. The zero-order valence-electron chi connectivity index (χ0n) is 12.7. The normalized spacial score (nSPS) is 14.8. The summed E-state index contributed by atoms with van der Waals surface area (Å²) in [4.78, 5) is 16.0. The van der Waals surface area contributed by atoms with Crippen molar-refractivity contribution in [3.05, 3.63) is 35.9 Å². The van der Waals surface area contributed by atoms with Crippen molar-refractivity contribution < 1.29 is 55.9 Å². The second-order valence-corrected chi connectivity index (χ2v) is 4.26. The van der Waals surface area contributed by atoms with Gasteiger partial charge in [0.05, 0.1) is 12.6 Å². The molecule has 0 spiro atoms. The number of nitrogens with zero attached hydrogens (tertiary/aromatic N) is 1. The van der Waals surface area contributed by atoms with Crippen molar-refractivity contribution in [1.82, 2.24) is 5.06 Å². The molecule has 0 aromatic heterocycles. The summed E-state index contributed by atoms with van der Waals surface area (Å²) in [6.45, 7) is 1.31. The minimum atomic E-state index is -1.33. The summed E-state index contributed by atoms with van der Waals surface area (Å²) in [5, 5.41) is 29.0. The third kappa shape index (κ3) is 6.81. The van der Waals surface area contributed by atoms with Crippen LogP contribution < -0.4 is 29.6 Å². The average molecular weight is 293 g/mol. The molecule has 0 saturated carbocycles. The molecule has 1 rings (SSSR count). The number of carbonyl (C=O) groups excluding carboxylic acids is 1. The number of carbonyl (C=O) groups is 1. The van der Waals surface area contributed by atoms with E-state index < -0.39 is 18.3 Å². The number of aliphatic hydroxyl groups excluding tert-OH is 3. The number of hydroxylamine groups is 2. The number of hydrogen-bond donors (Lipinski definition) is 3. The summed E-state index contributed by atoms with van der Waals surface area (Å²) in [7, 11) is 0. The summed E-state index contributed by atoms with van der Waals surface area (Å²) in [6, 6.07) is 9.23. The average Bonchev–Trinajstić information content (AvgIpc) is 2.43. The van der Waals surface area contributed by atoms with E-state index in [1.165, 1.54) is 6.92 Å². The smallest absolute Gasteiger partial charge is 1.00 e. The molecule has 0 radical (unpaired) electrons. The van der Waals surface area contributed by atoms with E-state index in [0.717, 1.165) is 10.6 Å². The van der Waals surface area contributed by atoms with Crippen molar-refractivity contribution in [3.63, 3.8) is 0 Å². The number of hydrogen-bond acceptors (Lipinski definition) is 5. The largest absolute Gasteiger partial charge is 1.00 e. The van der Waals surface area contributed by atoms with Crippen molar-refractivity contribution in [2.24, 2.45) is 0 Å². The number of amides is 1. The molecule has 0 heterocycles. The molecule has 0 unspecified atom stereocenters. The Balaban J connectivity index is 0. The predicted molar refractivity (Wildman–Crippen MR) is 68.8 cm³/mol. The molecule has 108 valence electrons. The van der Waals surface area contributed by atoms with Gasteiger partial charge in [0, 0.05) is 0 Å². The van der Waals surface area contributed by atoms with Gasteiger partial charge in [-0.2, -0.15) is 0 Å². The predicted octanol–water partition coefficient (Wildman–Crippen LogP) is -3.20. The quantitative estimate of drug-likeness (QED) is 0.267. The van der Waals surface area contributed by atoms with E-state index >= 15 is 0 Å². The summed E-state index contributed by atoms with van der Waals surface area (Å²) >= 11 is 0. The van der Waals surface area contributed by atoms with E-state index in [1.54, 1.807) is 0 Å². The van der Waals surface area contributed by atoms with Gasteiger partial charge in [0.2, 0.25) is 6.41 Å². The van der Waals surface area contributed by atoms with Crippen LogP contribution in [0.15, 0.2) is 30.3 Å². The van der Waals surface area contributed by atoms with E-state index in [-0.39, 0.29) is 44.1 Å². The van der Waals surface area contributed by atoms with E-state index in [1.807, 2.05) is 30.3 Å². The Bertz CT molecular complexity index is 382. The van der Waals surface area contributed by atoms with Gasteiger partial charge >= 0.3 is 29.6 Å². The molecule has 0 saturated heterocycles. The van der Waals surface area contributed by atoms with Crippen LogP contribution in [0.3, 0.4) is 0 Å². The topological polar surface area (TPSA) is 90.2 Å². The molecule has 20 heavy (non-hydrogen) atoms. The Morgan fingerprint density at radius 3 is 2.40 bits per heavy atom. The minimum Gasteiger partial charge on any atom is -1.00 e. The first-order valence-electron chi connectivity index (χ1n) is 5.97. The summed E-state index contributed by atoms with van der Waals surface area (Å²) in [5.41, 5.74) is 0.875. The first-order chi connectivity index (χ1) is 9.04. The van der Waals surface area contributed by atoms with Crippen molar-refractivity contribution >= 4 is 6.41 Å². The molecule has 3 atom stereocenters. The number of aliphatic hydroxyl groups is 3. The molecule has 0 fully saturated rings. The minimum absolute atomic E-state index is 0. The van der Waals surface area contributed by atoms with Crippen LogP contribution in [0.1, 0.15) is 13.9 Å². The third-order valence-electron chi connectivity index (χ3n) is 2.61. The molecule has 0 aliphatic carbocycles. The molecule has 1 aromatic rings. The molecule has 6 nitrogen and oxygen atoms in total. The van der Waals surface area contributed by atoms with Crippen LogP contribution in [0, 0.1) is 0 Å². The zero-order valence-corrected chi connectivity index (χ0v) is 13.7. The van der Waals surface area contributed by atoms with Gasteiger partial charge in [-0.25, -0.2) is 5.06 Å². The van der Waals surface area contributed by atoms with Crippen LogP contribution in [0.2, 0.25) is 0 Å². The fourth-order valence-electron chi connectivity index (χ4n) is 1.47. The maximum absolute atomic E-state index is 10.8. The van der Waals surface area contributed by atoms with Crippen LogP contribution in [-0.4, -0.2) is 51.6 Å². The van der Waals surface area contributed by atoms with Gasteiger partial charge in [-0.1, -0.05) is 30.3 Å². The summed E-state index contributed by atoms with van der Waals surface area (Å²) < 4.78 is 0. The number of rotatable bonds is 8. The van der Waals surface area contributed by atoms with Crippen LogP contribution in [-0.2, 0) is 16.2 Å². The van der Waals surface area contributed by atoms with E-state index in [4.69, 9.17) is 9.94 Å². The Labute approximate surface area is 141 Å². The first-order valence-corrected chi connectivity index (χ1v) is 5.97. The molecular weight excluding hydrogens is 273 g/mol. The SMILES string of the molecule is C[C@@H](O)[C@@H](O)[C@@H](O)CN(C=O)OCc1ccccc1.[H-].[Na+]. The Morgan fingerprint density at radius 1 is 1.30 bits per heavy atom. The molecule has 0 bridgehead atoms. The maximum Gasteiger partial charge on any atom is 1.00 e. The maximum atomic E-state index is 10.8. The van der Waals surface area contributed by atoms with Crippen LogP contribution >= 0.6 is 0 Å². The van der Waals surface area contributed by atoms with Crippen LogP contribution in [0.25, 0.3) is 0 Å². The first kappa shape index (κ1) is 19.5. The fourth-order valence-corrected chi connectivity index (χ4v) is 1.47. The molecule has 0 aliphatic rings. The summed E-state index contributed by atoms with van der Waals surface area (Å²) in [6.07, 6.45) is -3.28. The standard InChI is InChI=1S/C13H19NO5.Na.H/c1-10(16)13(18)12(17)7-14(9-15)19-8-11-5-3-2-4-6-11;;/h2-6,9-10,12-13,16-18H,7-8H2,1H3;;/q;+1;-1/t10-,12+,13-;;/m1../s1. The molecule has 7 heteroatoms. The molecule has 3 N–H and O–H groups in total. The molecule has 1 amide bonds. The summed E-state index contributed by atoms with van der Waals surface area (Å²) in [5.74, 6) is 0. The van der Waals surface area contributed by atoms with Gasteiger partial charge in [0.1, 0.15) is 18.8 Å². The zero-order chi connectivity index (χ0) is 14.3. The third-order valence-corrected chi connectivity index (χ3v) is 2.61. The van der Waals surface area contributed by atoms with Gasteiger partial charge in [-0.3, -0.25) is 9.63 Å². The van der Waals surface area contributed by atoms with Gasteiger partial charge in [-0.15, -0.1) is 0 Å². The van der Waals surface area contributed by atoms with E-state index in [9.17, 15) is 15.0 Å². The van der Waals surface area contributed by atoms with Gasteiger partial charge in [0.25, 0.3) is 0 Å². The van der Waals surface area contributed by atoms with Gasteiger partial charge in [-0.05, 0) is 12.5 Å².